The number of fused-ring (bicyclic) bond motifs is 1. The molecule has 0 aliphatic carbocycles. The Morgan fingerprint density at radius 3 is 1.80 bits per heavy atom. The van der Waals surface area contributed by atoms with E-state index in [9.17, 15) is 47.3 Å². The second-order valence-corrected chi connectivity index (χ2v) is 15.0. The van der Waals surface area contributed by atoms with Gasteiger partial charge in [0, 0.05) is 6.07 Å². The molecule has 0 saturated carbocycles. The molecule has 0 aliphatic rings. The number of benzene rings is 3. The Bertz CT molecular complexity index is 2470. The number of hydrogen-bond acceptors (Lipinski definition) is 17. The van der Waals surface area contributed by atoms with Gasteiger partial charge in [-0.25, -0.2) is 38.4 Å². The van der Waals surface area contributed by atoms with Gasteiger partial charge in [0.2, 0.25) is 0 Å². The second kappa shape index (κ2) is 15.9. The molecule has 0 atom stereocenters. The summed E-state index contributed by atoms with van der Waals surface area (Å²) in [5.74, 6) is -0.0483. The molecule has 2 aromatic heterocycles. The number of nitrogens with one attached hydrogen (secondary N) is 1. The number of anilines is 2. The first kappa shape index (κ1) is 43.4. The van der Waals surface area contributed by atoms with Crippen molar-refractivity contribution >= 4 is 74.7 Å². The molecule has 0 spiro atoms. The molecule has 5 rings (SSSR count). The number of sulfonamides is 1. The van der Waals surface area contributed by atoms with Gasteiger partial charge in [0.15, 0.2) is 17.1 Å². The molecule has 242 valence electrons. The van der Waals surface area contributed by atoms with Crippen LogP contribution in [0.4, 0.5) is 23.2 Å². The number of aromatic nitrogens is 3. The summed E-state index contributed by atoms with van der Waals surface area (Å²) in [4.78, 5) is 0.815. The largest absolute Gasteiger partial charge is 1.00 e. The molecular formula is C23H16N7Na3O12S4. The van der Waals surface area contributed by atoms with Crippen LogP contribution in [0.5, 0.6) is 0 Å². The van der Waals surface area contributed by atoms with Crippen LogP contribution < -0.4 is 99.1 Å². The zero-order chi connectivity index (χ0) is 33.8. The van der Waals surface area contributed by atoms with Gasteiger partial charge in [0.25, 0.3) is 10.0 Å². The summed E-state index contributed by atoms with van der Waals surface area (Å²) in [6.07, 6.45) is 0. The zero-order valence-electron chi connectivity index (χ0n) is 25.6. The van der Waals surface area contributed by atoms with Crippen LogP contribution in [0.1, 0.15) is 5.69 Å². The summed E-state index contributed by atoms with van der Waals surface area (Å²) in [6.45, 7) is 1.54. The standard InChI is InChI=1S/C23H19N7O12S4.3Na/c1-12-21(26-27-23-25-19-7-6-16(44(33,34)35)11-20(19)42-23)22(24)30(28-12)14-2-4-15(5-3-14)43(31,32)29-13-8-17(45(36,37)38)10-18(9-13)46(39,40)41;;;/h2-11,29H,24H2,1H3,(H,33,34,35)(H,36,37,38)(H,39,40,41);;;/q;3*+1/p-3. The molecule has 0 fully saturated rings. The van der Waals surface area contributed by atoms with Gasteiger partial charge < -0.3 is 23.8 Å². The van der Waals surface area contributed by atoms with Gasteiger partial charge in [-0.15, -0.1) is 5.11 Å². The van der Waals surface area contributed by atoms with Crippen LogP contribution in [0.15, 0.2) is 94.9 Å². The van der Waals surface area contributed by atoms with Crippen molar-refractivity contribution in [2.24, 2.45) is 10.2 Å². The molecule has 26 heteroatoms. The van der Waals surface area contributed by atoms with Crippen LogP contribution in [0.2, 0.25) is 0 Å². The van der Waals surface area contributed by atoms with Crippen molar-refractivity contribution in [2.75, 3.05) is 10.5 Å². The molecule has 3 aromatic carbocycles. The van der Waals surface area contributed by atoms with Gasteiger partial charge >= 0.3 is 94.7 Å². The summed E-state index contributed by atoms with van der Waals surface area (Å²) in [5, 5.41) is 12.1. The van der Waals surface area contributed by atoms with Crippen LogP contribution in [0.3, 0.4) is 0 Å². The smallest absolute Gasteiger partial charge is 0.744 e. The number of nitrogen functional groups attached to an aromatic ring is 1. The van der Waals surface area contributed by atoms with Crippen molar-refractivity contribution in [3.63, 3.8) is 0 Å². The molecule has 0 radical (unpaired) electrons. The van der Waals surface area contributed by atoms with Crippen molar-refractivity contribution in [3.8, 4) is 5.69 Å². The van der Waals surface area contributed by atoms with E-state index in [0.717, 1.165) is 24.3 Å². The molecule has 0 aliphatic heterocycles. The minimum atomic E-state index is -5.27. The van der Waals surface area contributed by atoms with Gasteiger partial charge in [0.1, 0.15) is 35.9 Å². The zero-order valence-corrected chi connectivity index (χ0v) is 34.9. The maximum atomic E-state index is 12.9. The number of nitrogens with two attached hydrogens (primary N) is 1. The predicted molar refractivity (Wildman–Crippen MR) is 152 cm³/mol. The Balaban J connectivity index is 0.00000278. The first-order chi connectivity index (χ1) is 21.2. The number of hydrogen-bond donors (Lipinski definition) is 2. The van der Waals surface area contributed by atoms with Gasteiger partial charge in [-0.3, -0.25) is 4.72 Å². The molecule has 0 amide bonds. The summed E-state index contributed by atoms with van der Waals surface area (Å²) < 4.78 is 137. The number of rotatable bonds is 9. The van der Waals surface area contributed by atoms with Crippen molar-refractivity contribution in [1.82, 2.24) is 14.8 Å². The van der Waals surface area contributed by atoms with Gasteiger partial charge in [-0.05, 0) is 61.5 Å². The monoisotopic (exact) mass is 779 g/mol. The third-order valence-electron chi connectivity index (χ3n) is 6.04. The molecule has 3 N–H and O–H groups in total. The number of azo groups is 1. The van der Waals surface area contributed by atoms with E-state index in [0.29, 0.717) is 18.2 Å². The van der Waals surface area contributed by atoms with Crippen LogP contribution in [-0.2, 0) is 40.4 Å². The third kappa shape index (κ3) is 9.97. The first-order valence-electron chi connectivity index (χ1n) is 12.1. The normalized spacial score (nSPS) is 12.2. The maximum Gasteiger partial charge on any atom is 1.00 e. The molecule has 2 heterocycles. The minimum absolute atomic E-state index is 0. The first-order valence-corrected chi connectivity index (χ1v) is 17.8. The van der Waals surface area contributed by atoms with Gasteiger partial charge in [0.05, 0.1) is 36.7 Å². The van der Waals surface area contributed by atoms with E-state index >= 15 is 0 Å². The Kier molecular flexibility index (Phi) is 14.0. The van der Waals surface area contributed by atoms with E-state index in [2.05, 4.69) is 20.3 Å². The average molecular weight is 780 g/mol. The minimum Gasteiger partial charge on any atom is -0.744 e. The molecule has 0 saturated heterocycles. The van der Waals surface area contributed by atoms with Crippen molar-refractivity contribution < 1.29 is 140 Å². The van der Waals surface area contributed by atoms with E-state index in [1.165, 1.54) is 29.8 Å². The Morgan fingerprint density at radius 1 is 0.735 bits per heavy atom. The Morgan fingerprint density at radius 2 is 1.27 bits per heavy atom. The average Bonchev–Trinajstić information content (AvgIpc) is 3.48. The SMILES string of the molecule is Cc1nn(-c2ccc(S(=O)(=O)Nc3cc(S(=O)(=O)[O-])cc(S(=O)(=O)[O-])c3)cc2)c(N)c1N=Nc1nc2ccc(S(=O)(=O)[O-])cc2o1.[Na+].[Na+].[Na+]. The third-order valence-corrected chi connectivity index (χ3v) is 9.89. The van der Waals surface area contributed by atoms with Crippen molar-refractivity contribution in [1.29, 1.82) is 0 Å². The maximum absolute atomic E-state index is 12.9. The van der Waals surface area contributed by atoms with Crippen LogP contribution in [0, 0.1) is 6.92 Å². The van der Waals surface area contributed by atoms with E-state index in [1.54, 1.807) is 0 Å². The second-order valence-electron chi connectivity index (χ2n) is 9.21. The van der Waals surface area contributed by atoms with Crippen LogP contribution in [0.25, 0.3) is 16.8 Å². The van der Waals surface area contributed by atoms with E-state index in [1.807, 2.05) is 4.72 Å². The fourth-order valence-electron chi connectivity index (χ4n) is 3.94. The van der Waals surface area contributed by atoms with E-state index < -0.39 is 65.6 Å². The van der Waals surface area contributed by atoms with Crippen LogP contribution >= 0.6 is 0 Å². The Hall–Kier alpha value is -1.78. The quantitative estimate of drug-likeness (QED) is 0.0798. The molecule has 5 aromatic rings. The fraction of sp³-hybridized carbons (Fsp3) is 0.0435. The number of nitrogens with zero attached hydrogens (tertiary/aromatic N) is 5. The number of oxazole rings is 1. The van der Waals surface area contributed by atoms with Gasteiger partial charge in [-0.1, -0.05) is 5.11 Å². The summed E-state index contributed by atoms with van der Waals surface area (Å²) in [6, 6.07) is 9.21. The molecule has 19 nitrogen and oxygen atoms in total. The summed E-state index contributed by atoms with van der Waals surface area (Å²) in [5.41, 5.74) is 6.26. The predicted octanol–water partition coefficient (Wildman–Crippen LogP) is -7.16. The van der Waals surface area contributed by atoms with Crippen molar-refractivity contribution in [2.45, 2.75) is 26.5 Å². The molecule has 0 unspecified atom stereocenters. The van der Waals surface area contributed by atoms with E-state index in [4.69, 9.17) is 10.2 Å². The molecular weight excluding hydrogens is 764 g/mol. The topological polar surface area (TPSA) is 312 Å². The Labute approximate surface area is 344 Å². The van der Waals surface area contributed by atoms with Crippen LogP contribution in [-0.4, -0.2) is 62.1 Å². The molecule has 49 heavy (non-hydrogen) atoms. The van der Waals surface area contributed by atoms with Gasteiger partial charge in [-0.2, -0.15) is 10.1 Å². The summed E-state index contributed by atoms with van der Waals surface area (Å²) >= 11 is 0. The van der Waals surface area contributed by atoms with Crippen molar-refractivity contribution in [3.05, 3.63) is 66.4 Å². The summed E-state index contributed by atoms with van der Waals surface area (Å²) in [7, 11) is -19.8. The molecule has 0 bridgehead atoms. The van der Waals surface area contributed by atoms with E-state index in [-0.39, 0.29) is 129 Å². The number of aryl methyl sites for hydroxylation is 1. The fourth-order valence-corrected chi connectivity index (χ4v) is 6.63.